The molecule has 1 aromatic rings. The molecule has 0 amide bonds. The molecular weight excluding hydrogens is 264 g/mol. The number of aromatic carboxylic acids is 1. The van der Waals surface area contributed by atoms with Gasteiger partial charge < -0.3 is 10.0 Å². The van der Waals surface area contributed by atoms with Crippen LogP contribution in [-0.2, 0) is 0 Å². The lowest BCUT2D eigenvalue weighted by Crippen LogP contribution is -2.39. The van der Waals surface area contributed by atoms with Gasteiger partial charge in [-0.15, -0.1) is 0 Å². The van der Waals surface area contributed by atoms with E-state index in [-0.39, 0.29) is 10.7 Å². The van der Waals surface area contributed by atoms with Gasteiger partial charge in [-0.3, -0.25) is 0 Å². The SMILES string of the molecule is CCC1(C)CCN(c2ccc(Cl)c(C(=O)O)n2)CC1. The zero-order chi connectivity index (χ0) is 14.0. The molecule has 0 spiro atoms. The van der Waals surface area contributed by atoms with Crippen molar-refractivity contribution >= 4 is 23.4 Å². The first-order valence-electron chi connectivity index (χ1n) is 6.60. The number of piperidine rings is 1. The van der Waals surface area contributed by atoms with E-state index >= 15 is 0 Å². The number of carboxylic acid groups (broad SMARTS) is 1. The maximum absolute atomic E-state index is 11.0. The number of carboxylic acids is 1. The topological polar surface area (TPSA) is 53.4 Å². The molecule has 0 bridgehead atoms. The lowest BCUT2D eigenvalue weighted by atomic mass is 9.78. The Hall–Kier alpha value is -1.29. The number of rotatable bonds is 3. The van der Waals surface area contributed by atoms with E-state index in [1.807, 2.05) is 0 Å². The first-order chi connectivity index (χ1) is 8.95. The van der Waals surface area contributed by atoms with E-state index < -0.39 is 5.97 Å². The predicted molar refractivity (Wildman–Crippen MR) is 76.1 cm³/mol. The second kappa shape index (κ2) is 5.37. The fraction of sp³-hybridized carbons (Fsp3) is 0.571. The fourth-order valence-electron chi connectivity index (χ4n) is 2.39. The number of anilines is 1. The van der Waals surface area contributed by atoms with Gasteiger partial charge in [0.15, 0.2) is 5.69 Å². The molecule has 1 saturated heterocycles. The number of carbonyl (C=O) groups is 1. The molecule has 1 aliphatic heterocycles. The summed E-state index contributed by atoms with van der Waals surface area (Å²) in [5.41, 5.74) is 0.335. The molecule has 1 N–H and O–H groups in total. The average Bonchev–Trinajstić information content (AvgIpc) is 2.40. The number of pyridine rings is 1. The quantitative estimate of drug-likeness (QED) is 0.922. The van der Waals surface area contributed by atoms with Gasteiger partial charge in [-0.1, -0.05) is 31.9 Å². The summed E-state index contributed by atoms with van der Waals surface area (Å²) in [6.45, 7) is 6.36. The minimum atomic E-state index is -1.08. The van der Waals surface area contributed by atoms with Crippen molar-refractivity contribution in [2.45, 2.75) is 33.1 Å². The van der Waals surface area contributed by atoms with Crippen LogP contribution in [0.5, 0.6) is 0 Å². The van der Waals surface area contributed by atoms with E-state index in [4.69, 9.17) is 16.7 Å². The minimum Gasteiger partial charge on any atom is -0.476 e. The first kappa shape index (κ1) is 14.1. The molecule has 1 aliphatic rings. The number of nitrogens with zero attached hydrogens (tertiary/aromatic N) is 2. The van der Waals surface area contributed by atoms with Crippen LogP contribution in [0.3, 0.4) is 0 Å². The molecule has 2 rings (SSSR count). The second-order valence-electron chi connectivity index (χ2n) is 5.46. The molecular formula is C14H19ClN2O2. The normalized spacial score (nSPS) is 18.4. The fourth-order valence-corrected chi connectivity index (χ4v) is 2.57. The van der Waals surface area contributed by atoms with Gasteiger partial charge in [0.2, 0.25) is 0 Å². The maximum atomic E-state index is 11.0. The van der Waals surface area contributed by atoms with Crippen LogP contribution in [0, 0.1) is 5.41 Å². The summed E-state index contributed by atoms with van der Waals surface area (Å²) in [4.78, 5) is 17.3. The maximum Gasteiger partial charge on any atom is 0.356 e. The molecule has 2 heterocycles. The van der Waals surface area contributed by atoms with Crippen LogP contribution in [0.25, 0.3) is 0 Å². The van der Waals surface area contributed by atoms with E-state index in [0.29, 0.717) is 11.2 Å². The van der Waals surface area contributed by atoms with Crippen molar-refractivity contribution in [3.05, 3.63) is 22.8 Å². The van der Waals surface area contributed by atoms with Crippen molar-refractivity contribution in [1.29, 1.82) is 0 Å². The molecule has 1 fully saturated rings. The first-order valence-corrected chi connectivity index (χ1v) is 6.98. The number of halogens is 1. The molecule has 1 aromatic heterocycles. The van der Waals surface area contributed by atoms with Crippen LogP contribution in [0.2, 0.25) is 5.02 Å². The van der Waals surface area contributed by atoms with Crippen molar-refractivity contribution in [1.82, 2.24) is 4.98 Å². The van der Waals surface area contributed by atoms with Crippen LogP contribution in [0.4, 0.5) is 5.82 Å². The standard InChI is InChI=1S/C14H19ClN2O2/c1-3-14(2)6-8-17(9-7-14)11-5-4-10(15)12(16-11)13(18)19/h4-5H,3,6-9H2,1-2H3,(H,18,19). The summed E-state index contributed by atoms with van der Waals surface area (Å²) in [6, 6.07) is 3.41. The Kier molecular flexibility index (Phi) is 3.99. The van der Waals surface area contributed by atoms with Gasteiger partial charge in [0.1, 0.15) is 5.82 Å². The van der Waals surface area contributed by atoms with Crippen molar-refractivity contribution in [3.8, 4) is 0 Å². The molecule has 104 valence electrons. The van der Waals surface area contributed by atoms with Crippen LogP contribution < -0.4 is 4.90 Å². The summed E-state index contributed by atoms with van der Waals surface area (Å²) in [5.74, 6) is -0.373. The van der Waals surface area contributed by atoms with Crippen LogP contribution in [0.15, 0.2) is 12.1 Å². The van der Waals surface area contributed by atoms with Gasteiger partial charge in [-0.2, -0.15) is 0 Å². The summed E-state index contributed by atoms with van der Waals surface area (Å²) in [7, 11) is 0. The van der Waals surface area contributed by atoms with Crippen LogP contribution >= 0.6 is 11.6 Å². The molecule has 5 heteroatoms. The predicted octanol–water partition coefficient (Wildman–Crippen LogP) is 3.45. The van der Waals surface area contributed by atoms with Gasteiger partial charge >= 0.3 is 5.97 Å². The zero-order valence-electron chi connectivity index (χ0n) is 11.3. The Morgan fingerprint density at radius 2 is 2.11 bits per heavy atom. The molecule has 0 saturated carbocycles. The number of hydrogen-bond acceptors (Lipinski definition) is 3. The highest BCUT2D eigenvalue weighted by Gasteiger charge is 2.29. The lowest BCUT2D eigenvalue weighted by molar-refractivity contribution is 0.0690. The monoisotopic (exact) mass is 282 g/mol. The third-order valence-corrected chi connectivity index (χ3v) is 4.49. The third kappa shape index (κ3) is 3.00. The van der Waals surface area contributed by atoms with Crippen molar-refractivity contribution in [2.75, 3.05) is 18.0 Å². The molecule has 0 unspecified atom stereocenters. The van der Waals surface area contributed by atoms with Gasteiger partial charge in [0.25, 0.3) is 0 Å². The highest BCUT2D eigenvalue weighted by atomic mass is 35.5. The molecule has 0 atom stereocenters. The van der Waals surface area contributed by atoms with Gasteiger partial charge in [0.05, 0.1) is 5.02 Å². The Morgan fingerprint density at radius 3 is 2.63 bits per heavy atom. The second-order valence-corrected chi connectivity index (χ2v) is 5.86. The number of hydrogen-bond donors (Lipinski definition) is 1. The molecule has 0 aromatic carbocycles. The average molecular weight is 283 g/mol. The molecule has 0 aliphatic carbocycles. The van der Waals surface area contributed by atoms with E-state index in [1.165, 1.54) is 6.42 Å². The van der Waals surface area contributed by atoms with E-state index in [2.05, 4.69) is 23.7 Å². The molecule has 19 heavy (non-hydrogen) atoms. The largest absolute Gasteiger partial charge is 0.476 e. The Balaban J connectivity index is 2.16. The van der Waals surface area contributed by atoms with E-state index in [1.54, 1.807) is 12.1 Å². The van der Waals surface area contributed by atoms with Crippen LogP contribution in [-0.4, -0.2) is 29.1 Å². The van der Waals surface area contributed by atoms with E-state index in [0.717, 1.165) is 25.9 Å². The summed E-state index contributed by atoms with van der Waals surface area (Å²) in [6.07, 6.45) is 3.39. The minimum absolute atomic E-state index is 0.0667. The highest BCUT2D eigenvalue weighted by molar-refractivity contribution is 6.33. The van der Waals surface area contributed by atoms with Gasteiger partial charge in [-0.25, -0.2) is 9.78 Å². The number of aromatic nitrogens is 1. The van der Waals surface area contributed by atoms with Crippen molar-refractivity contribution in [2.24, 2.45) is 5.41 Å². The third-order valence-electron chi connectivity index (χ3n) is 4.18. The van der Waals surface area contributed by atoms with Gasteiger partial charge in [-0.05, 0) is 30.4 Å². The Labute approximate surface area is 118 Å². The lowest BCUT2D eigenvalue weighted by Gasteiger charge is -2.39. The molecule has 4 nitrogen and oxygen atoms in total. The smallest absolute Gasteiger partial charge is 0.356 e. The van der Waals surface area contributed by atoms with Crippen LogP contribution in [0.1, 0.15) is 43.6 Å². The Morgan fingerprint density at radius 1 is 1.47 bits per heavy atom. The van der Waals surface area contributed by atoms with E-state index in [9.17, 15) is 4.79 Å². The summed E-state index contributed by atoms with van der Waals surface area (Å²) in [5, 5.41) is 9.23. The summed E-state index contributed by atoms with van der Waals surface area (Å²) >= 11 is 5.84. The van der Waals surface area contributed by atoms with Crippen molar-refractivity contribution < 1.29 is 9.90 Å². The van der Waals surface area contributed by atoms with Crippen molar-refractivity contribution in [3.63, 3.8) is 0 Å². The summed E-state index contributed by atoms with van der Waals surface area (Å²) < 4.78 is 0. The van der Waals surface area contributed by atoms with Gasteiger partial charge in [0, 0.05) is 13.1 Å². The highest BCUT2D eigenvalue weighted by Crippen LogP contribution is 2.35. The Bertz CT molecular complexity index is 482. The zero-order valence-corrected chi connectivity index (χ0v) is 12.1. The molecule has 0 radical (unpaired) electrons.